The molecule has 0 spiro atoms. The minimum absolute atomic E-state index is 0.196. The van der Waals surface area contributed by atoms with Crippen molar-refractivity contribution in [2.75, 3.05) is 7.11 Å². The summed E-state index contributed by atoms with van der Waals surface area (Å²) in [5.41, 5.74) is 5.59. The molecule has 0 saturated carbocycles. The predicted molar refractivity (Wildman–Crippen MR) is 68.4 cm³/mol. The first kappa shape index (κ1) is 15.5. The molecule has 1 heterocycles. The van der Waals surface area contributed by atoms with Crippen LogP contribution >= 0.6 is 0 Å². The standard InChI is InChI=1S/C11H17N5O4/c1-6(15-11(12)19)9(17)16-8(10(18)20-2)3-7-4-13-5-14-7/h4-6,8H,3H2,1-2H3,(H,13,14)(H,16,17)(H3,12,15,19)/t6?,8-/m0/s1. The normalized spacial score (nSPS) is 13.1. The predicted octanol–water partition coefficient (Wildman–Crippen LogP) is -1.33. The van der Waals surface area contributed by atoms with Crippen molar-refractivity contribution in [3.05, 3.63) is 18.2 Å². The van der Waals surface area contributed by atoms with Crippen LogP contribution in [0.4, 0.5) is 4.79 Å². The number of rotatable bonds is 6. The first-order valence-electron chi connectivity index (χ1n) is 5.85. The fourth-order valence-electron chi connectivity index (χ4n) is 1.53. The third-order valence-corrected chi connectivity index (χ3v) is 2.53. The van der Waals surface area contributed by atoms with E-state index >= 15 is 0 Å². The Kier molecular flexibility index (Phi) is 5.51. The average Bonchev–Trinajstić information content (AvgIpc) is 2.89. The number of urea groups is 1. The molecule has 2 atom stereocenters. The highest BCUT2D eigenvalue weighted by molar-refractivity contribution is 5.89. The van der Waals surface area contributed by atoms with Gasteiger partial charge in [0.05, 0.1) is 13.4 Å². The number of nitrogens with zero attached hydrogens (tertiary/aromatic N) is 1. The number of methoxy groups -OCH3 is 1. The number of hydrogen-bond donors (Lipinski definition) is 4. The van der Waals surface area contributed by atoms with Crippen molar-refractivity contribution in [1.82, 2.24) is 20.6 Å². The number of aromatic nitrogens is 2. The zero-order valence-corrected chi connectivity index (χ0v) is 11.2. The summed E-state index contributed by atoms with van der Waals surface area (Å²) >= 11 is 0. The largest absolute Gasteiger partial charge is 0.467 e. The molecule has 0 aliphatic rings. The summed E-state index contributed by atoms with van der Waals surface area (Å²) in [6.07, 6.45) is 3.19. The zero-order chi connectivity index (χ0) is 15.1. The van der Waals surface area contributed by atoms with Gasteiger partial charge in [0, 0.05) is 18.3 Å². The van der Waals surface area contributed by atoms with Crippen LogP contribution in [0.5, 0.6) is 0 Å². The third kappa shape index (κ3) is 4.59. The molecule has 0 saturated heterocycles. The maximum absolute atomic E-state index is 11.8. The summed E-state index contributed by atoms with van der Waals surface area (Å²) in [5, 5.41) is 4.70. The molecule has 1 aromatic heterocycles. The Balaban J connectivity index is 2.67. The van der Waals surface area contributed by atoms with E-state index in [1.807, 2.05) is 0 Å². The number of carbonyl (C=O) groups is 3. The van der Waals surface area contributed by atoms with Crippen LogP contribution in [-0.2, 0) is 20.7 Å². The van der Waals surface area contributed by atoms with Crippen LogP contribution in [0.3, 0.4) is 0 Å². The second-order valence-corrected chi connectivity index (χ2v) is 4.10. The second-order valence-electron chi connectivity index (χ2n) is 4.10. The molecule has 5 N–H and O–H groups in total. The maximum atomic E-state index is 11.8. The highest BCUT2D eigenvalue weighted by Gasteiger charge is 2.25. The average molecular weight is 283 g/mol. The van der Waals surface area contributed by atoms with Gasteiger partial charge < -0.3 is 26.1 Å². The lowest BCUT2D eigenvalue weighted by Gasteiger charge is -2.18. The van der Waals surface area contributed by atoms with E-state index in [-0.39, 0.29) is 6.42 Å². The van der Waals surface area contributed by atoms with Gasteiger partial charge >= 0.3 is 12.0 Å². The van der Waals surface area contributed by atoms with Crippen LogP contribution in [0, 0.1) is 0 Å². The topological polar surface area (TPSA) is 139 Å². The minimum atomic E-state index is -0.884. The highest BCUT2D eigenvalue weighted by Crippen LogP contribution is 2.01. The summed E-state index contributed by atoms with van der Waals surface area (Å²) in [6, 6.07) is -2.57. The maximum Gasteiger partial charge on any atom is 0.328 e. The minimum Gasteiger partial charge on any atom is -0.467 e. The Morgan fingerprint density at radius 1 is 1.45 bits per heavy atom. The molecule has 0 bridgehead atoms. The van der Waals surface area contributed by atoms with Crippen LogP contribution in [0.15, 0.2) is 12.5 Å². The highest BCUT2D eigenvalue weighted by atomic mass is 16.5. The summed E-state index contributed by atoms with van der Waals surface area (Å²) < 4.78 is 4.62. The van der Waals surface area contributed by atoms with Gasteiger partial charge in [-0.05, 0) is 6.92 Å². The van der Waals surface area contributed by atoms with Gasteiger partial charge in [-0.25, -0.2) is 14.6 Å². The quantitative estimate of drug-likeness (QED) is 0.479. The van der Waals surface area contributed by atoms with E-state index in [1.165, 1.54) is 26.6 Å². The molecule has 0 aliphatic carbocycles. The number of carbonyl (C=O) groups excluding carboxylic acids is 3. The van der Waals surface area contributed by atoms with Crippen molar-refractivity contribution in [3.8, 4) is 0 Å². The molecule has 9 nitrogen and oxygen atoms in total. The number of esters is 1. The Morgan fingerprint density at radius 3 is 2.65 bits per heavy atom. The van der Waals surface area contributed by atoms with Crippen molar-refractivity contribution in [2.45, 2.75) is 25.4 Å². The summed E-state index contributed by atoms with van der Waals surface area (Å²) in [5.74, 6) is -1.14. The molecule has 0 radical (unpaired) electrons. The molecule has 0 aromatic carbocycles. The van der Waals surface area contributed by atoms with Gasteiger partial charge in [-0.1, -0.05) is 0 Å². The van der Waals surface area contributed by atoms with E-state index in [1.54, 1.807) is 0 Å². The number of H-pyrrole nitrogens is 1. The second kappa shape index (κ2) is 7.12. The zero-order valence-electron chi connectivity index (χ0n) is 11.2. The molecule has 1 aromatic rings. The van der Waals surface area contributed by atoms with Gasteiger partial charge in [-0.2, -0.15) is 0 Å². The van der Waals surface area contributed by atoms with Gasteiger partial charge in [-0.3, -0.25) is 4.79 Å². The number of amides is 3. The van der Waals surface area contributed by atoms with Crippen LogP contribution < -0.4 is 16.4 Å². The Labute approximate surface area is 115 Å². The lowest BCUT2D eigenvalue weighted by atomic mass is 10.1. The fraction of sp³-hybridized carbons (Fsp3) is 0.455. The monoisotopic (exact) mass is 283 g/mol. The van der Waals surface area contributed by atoms with E-state index in [9.17, 15) is 14.4 Å². The smallest absolute Gasteiger partial charge is 0.328 e. The van der Waals surface area contributed by atoms with Crippen LogP contribution in [-0.4, -0.2) is 47.1 Å². The van der Waals surface area contributed by atoms with E-state index in [0.29, 0.717) is 5.69 Å². The van der Waals surface area contributed by atoms with E-state index in [0.717, 1.165) is 0 Å². The molecule has 1 unspecified atom stereocenters. The molecule has 0 aliphatic heterocycles. The molecule has 0 fully saturated rings. The molecule has 9 heteroatoms. The molecule has 20 heavy (non-hydrogen) atoms. The first-order valence-corrected chi connectivity index (χ1v) is 5.85. The van der Waals surface area contributed by atoms with Gasteiger partial charge in [-0.15, -0.1) is 0 Å². The van der Waals surface area contributed by atoms with Gasteiger partial charge in [0.15, 0.2) is 0 Å². The summed E-state index contributed by atoms with van der Waals surface area (Å²) in [7, 11) is 1.22. The molecule has 110 valence electrons. The molecular formula is C11H17N5O4. The Bertz CT molecular complexity index is 473. The SMILES string of the molecule is COC(=O)[C@H](Cc1cnc[nH]1)NC(=O)C(C)NC(N)=O. The van der Waals surface area contributed by atoms with E-state index in [4.69, 9.17) is 5.73 Å². The van der Waals surface area contributed by atoms with Crippen molar-refractivity contribution < 1.29 is 19.1 Å². The van der Waals surface area contributed by atoms with Crippen molar-refractivity contribution >= 4 is 17.9 Å². The lowest BCUT2D eigenvalue weighted by Crippen LogP contribution is -2.52. The lowest BCUT2D eigenvalue weighted by molar-refractivity contribution is -0.145. The summed E-state index contributed by atoms with van der Waals surface area (Å²) in [4.78, 5) is 40.8. The number of hydrogen-bond acceptors (Lipinski definition) is 5. The molecular weight excluding hydrogens is 266 g/mol. The number of nitrogens with one attached hydrogen (secondary N) is 3. The van der Waals surface area contributed by atoms with Crippen LogP contribution in [0.2, 0.25) is 0 Å². The Morgan fingerprint density at radius 2 is 2.15 bits per heavy atom. The number of nitrogens with two attached hydrogens (primary N) is 1. The summed E-state index contributed by atoms with van der Waals surface area (Å²) in [6.45, 7) is 1.45. The van der Waals surface area contributed by atoms with E-state index in [2.05, 4.69) is 25.3 Å². The molecule has 1 rings (SSSR count). The number of primary amides is 1. The van der Waals surface area contributed by atoms with Crippen LogP contribution in [0.1, 0.15) is 12.6 Å². The van der Waals surface area contributed by atoms with Crippen molar-refractivity contribution in [3.63, 3.8) is 0 Å². The first-order chi connectivity index (χ1) is 9.43. The van der Waals surface area contributed by atoms with Gasteiger partial charge in [0.1, 0.15) is 12.1 Å². The van der Waals surface area contributed by atoms with Gasteiger partial charge in [0.25, 0.3) is 0 Å². The Hall–Kier alpha value is -2.58. The third-order valence-electron chi connectivity index (χ3n) is 2.53. The number of imidazole rings is 1. The van der Waals surface area contributed by atoms with Crippen molar-refractivity contribution in [2.24, 2.45) is 5.73 Å². The number of ether oxygens (including phenoxy) is 1. The van der Waals surface area contributed by atoms with Gasteiger partial charge in [0.2, 0.25) is 5.91 Å². The fourth-order valence-corrected chi connectivity index (χ4v) is 1.53. The van der Waals surface area contributed by atoms with Crippen LogP contribution in [0.25, 0.3) is 0 Å². The molecule has 3 amide bonds. The van der Waals surface area contributed by atoms with E-state index < -0.39 is 30.0 Å². The number of aromatic amines is 1. The van der Waals surface area contributed by atoms with Crippen molar-refractivity contribution in [1.29, 1.82) is 0 Å².